The molecule has 0 spiro atoms. The zero-order valence-electron chi connectivity index (χ0n) is 17.9. The molecule has 2 heterocycles. The lowest BCUT2D eigenvalue weighted by molar-refractivity contribution is -0.274. The van der Waals surface area contributed by atoms with Crippen LogP contribution in [0.4, 0.5) is 18.9 Å². The molecule has 10 heteroatoms. The van der Waals surface area contributed by atoms with E-state index in [9.17, 15) is 27.9 Å². The number of rotatable bonds is 5. The van der Waals surface area contributed by atoms with Gasteiger partial charge in [0.25, 0.3) is 11.7 Å². The first-order valence-corrected chi connectivity index (χ1v) is 9.97. The first kappa shape index (κ1) is 23.0. The molecule has 1 N–H and O–H groups in total. The van der Waals surface area contributed by atoms with Gasteiger partial charge in [-0.05, 0) is 55.5 Å². The van der Waals surface area contributed by atoms with Gasteiger partial charge in [0.05, 0.1) is 18.2 Å². The number of Topliss-reactive ketones (excluding diaryl/α,β-unsaturated/α-hetero) is 1. The van der Waals surface area contributed by atoms with Crippen LogP contribution in [0.5, 0.6) is 11.5 Å². The van der Waals surface area contributed by atoms with Crippen LogP contribution < -0.4 is 14.4 Å². The largest absolute Gasteiger partial charge is 0.573 e. The molecule has 1 atom stereocenters. The average molecular weight is 473 g/mol. The lowest BCUT2D eigenvalue weighted by Gasteiger charge is -2.24. The molecule has 0 saturated carbocycles. The van der Waals surface area contributed by atoms with Gasteiger partial charge < -0.3 is 19.0 Å². The number of hydrogen-bond acceptors (Lipinski definition) is 6. The molecule has 1 aliphatic rings. The van der Waals surface area contributed by atoms with E-state index in [0.717, 1.165) is 17.0 Å². The SMILES string of the molecule is COc1ccccc1/C(O)=C1/C(=O)C(=O)N(c2ccc(OC(F)(F)F)cc2)C1c1ccc(C)o1. The van der Waals surface area contributed by atoms with Crippen LogP contribution in [-0.4, -0.2) is 30.3 Å². The van der Waals surface area contributed by atoms with E-state index in [2.05, 4.69) is 4.74 Å². The van der Waals surface area contributed by atoms with Gasteiger partial charge in [0.2, 0.25) is 0 Å². The van der Waals surface area contributed by atoms with Crippen molar-refractivity contribution in [2.24, 2.45) is 0 Å². The summed E-state index contributed by atoms with van der Waals surface area (Å²) in [6, 6.07) is 12.9. The van der Waals surface area contributed by atoms with E-state index in [1.165, 1.54) is 25.3 Å². The van der Waals surface area contributed by atoms with E-state index >= 15 is 0 Å². The molecule has 1 amide bonds. The Morgan fingerprint density at radius 2 is 1.71 bits per heavy atom. The number of aliphatic hydroxyl groups excluding tert-OH is 1. The Bertz CT molecular complexity index is 1280. The van der Waals surface area contributed by atoms with Gasteiger partial charge >= 0.3 is 6.36 Å². The number of halogens is 3. The van der Waals surface area contributed by atoms with Crippen molar-refractivity contribution in [1.29, 1.82) is 0 Å². The molecule has 1 aromatic heterocycles. The van der Waals surface area contributed by atoms with Crippen molar-refractivity contribution in [1.82, 2.24) is 0 Å². The Morgan fingerprint density at radius 3 is 2.29 bits per heavy atom. The first-order valence-electron chi connectivity index (χ1n) is 9.97. The van der Waals surface area contributed by atoms with Crippen LogP contribution in [0.1, 0.15) is 23.1 Å². The Morgan fingerprint density at radius 1 is 1.03 bits per heavy atom. The van der Waals surface area contributed by atoms with E-state index in [1.54, 1.807) is 37.3 Å². The van der Waals surface area contributed by atoms with E-state index in [4.69, 9.17) is 9.15 Å². The normalized spacial score (nSPS) is 17.8. The average Bonchev–Trinajstić information content (AvgIpc) is 3.33. The second-order valence-electron chi connectivity index (χ2n) is 7.36. The molecule has 0 radical (unpaired) electrons. The summed E-state index contributed by atoms with van der Waals surface area (Å²) in [6.45, 7) is 1.67. The number of ether oxygens (including phenoxy) is 2. The van der Waals surface area contributed by atoms with E-state index in [0.29, 0.717) is 5.76 Å². The molecule has 3 aromatic rings. The van der Waals surface area contributed by atoms with Crippen molar-refractivity contribution in [3.05, 3.63) is 83.3 Å². The summed E-state index contributed by atoms with van der Waals surface area (Å²) >= 11 is 0. The van der Waals surface area contributed by atoms with Gasteiger partial charge in [-0.3, -0.25) is 14.5 Å². The first-order chi connectivity index (χ1) is 16.1. The minimum absolute atomic E-state index is 0.106. The van der Waals surface area contributed by atoms with Crippen molar-refractivity contribution < 1.29 is 41.8 Å². The van der Waals surface area contributed by atoms with Gasteiger partial charge in [-0.25, -0.2) is 0 Å². The third kappa shape index (κ3) is 4.21. The maximum atomic E-state index is 13.1. The molecule has 4 rings (SSSR count). The number of alkyl halides is 3. The summed E-state index contributed by atoms with van der Waals surface area (Å²) in [4.78, 5) is 27.2. The molecule has 1 fully saturated rings. The Balaban J connectivity index is 1.86. The number of aliphatic hydroxyl groups is 1. The van der Waals surface area contributed by atoms with E-state index < -0.39 is 35.6 Å². The highest BCUT2D eigenvalue weighted by Gasteiger charge is 2.48. The number of furan rings is 1. The van der Waals surface area contributed by atoms with Crippen molar-refractivity contribution in [2.75, 3.05) is 12.0 Å². The fraction of sp³-hybridized carbons (Fsp3) is 0.167. The number of methoxy groups -OCH3 is 1. The summed E-state index contributed by atoms with van der Waals surface area (Å²) in [5, 5.41) is 11.1. The van der Waals surface area contributed by atoms with Crippen LogP contribution in [-0.2, 0) is 9.59 Å². The lowest BCUT2D eigenvalue weighted by atomic mass is 9.98. The molecule has 34 heavy (non-hydrogen) atoms. The third-order valence-electron chi connectivity index (χ3n) is 5.19. The van der Waals surface area contributed by atoms with Crippen LogP contribution in [0.2, 0.25) is 0 Å². The molecular formula is C24H18F3NO6. The van der Waals surface area contributed by atoms with Crippen LogP contribution in [0.25, 0.3) is 5.76 Å². The zero-order chi connectivity index (χ0) is 24.6. The minimum atomic E-state index is -4.88. The van der Waals surface area contributed by atoms with Crippen molar-refractivity contribution in [2.45, 2.75) is 19.3 Å². The van der Waals surface area contributed by atoms with Gasteiger partial charge in [0, 0.05) is 5.69 Å². The molecule has 1 aliphatic heterocycles. The minimum Gasteiger partial charge on any atom is -0.507 e. The number of benzene rings is 2. The standard InChI is InChI=1S/C24H18F3NO6/c1-13-7-12-18(33-13)20-19(21(29)16-5-3-4-6-17(16)32-2)22(30)23(31)28(20)14-8-10-15(11-9-14)34-24(25,26)27/h3-12,20,29H,1-2H3/b21-19-. The maximum absolute atomic E-state index is 13.1. The van der Waals surface area contributed by atoms with E-state index in [-0.39, 0.29) is 28.3 Å². The number of aryl methyl sites for hydroxylation is 1. The van der Waals surface area contributed by atoms with Gasteiger partial charge in [-0.15, -0.1) is 13.2 Å². The number of nitrogens with zero attached hydrogens (tertiary/aromatic N) is 1. The topological polar surface area (TPSA) is 89.2 Å². The highest BCUT2D eigenvalue weighted by Crippen LogP contribution is 2.44. The fourth-order valence-corrected chi connectivity index (χ4v) is 3.76. The molecule has 0 bridgehead atoms. The number of ketones is 1. The number of anilines is 1. The summed E-state index contributed by atoms with van der Waals surface area (Å²) in [7, 11) is 1.39. The number of para-hydroxylation sites is 1. The Hall–Kier alpha value is -4.21. The van der Waals surface area contributed by atoms with E-state index in [1.807, 2.05) is 0 Å². The summed E-state index contributed by atoms with van der Waals surface area (Å²) in [6.07, 6.45) is -4.88. The monoisotopic (exact) mass is 473 g/mol. The van der Waals surface area contributed by atoms with Crippen molar-refractivity contribution >= 4 is 23.1 Å². The second-order valence-corrected chi connectivity index (χ2v) is 7.36. The predicted octanol–water partition coefficient (Wildman–Crippen LogP) is 5.12. The summed E-state index contributed by atoms with van der Waals surface area (Å²) in [5.41, 5.74) is 0.0411. The van der Waals surface area contributed by atoms with Gasteiger partial charge in [0.15, 0.2) is 0 Å². The molecular weight excluding hydrogens is 455 g/mol. The van der Waals surface area contributed by atoms with Gasteiger partial charge in [-0.2, -0.15) is 0 Å². The molecule has 0 aliphatic carbocycles. The maximum Gasteiger partial charge on any atom is 0.573 e. The van der Waals surface area contributed by atoms with Crippen molar-refractivity contribution in [3.8, 4) is 11.5 Å². The summed E-state index contributed by atoms with van der Waals surface area (Å²) < 4.78 is 52.4. The Kier molecular flexibility index (Phi) is 5.82. The molecule has 176 valence electrons. The zero-order valence-corrected chi connectivity index (χ0v) is 17.9. The number of carbonyl (C=O) groups is 2. The lowest BCUT2D eigenvalue weighted by Crippen LogP contribution is -2.29. The predicted molar refractivity (Wildman–Crippen MR) is 114 cm³/mol. The smallest absolute Gasteiger partial charge is 0.507 e. The van der Waals surface area contributed by atoms with Crippen LogP contribution in [0.3, 0.4) is 0 Å². The van der Waals surface area contributed by atoms with Crippen molar-refractivity contribution in [3.63, 3.8) is 0 Å². The number of amides is 1. The second kappa shape index (κ2) is 8.62. The number of hydrogen-bond donors (Lipinski definition) is 1. The van der Waals surface area contributed by atoms with Gasteiger partial charge in [0.1, 0.15) is 34.8 Å². The Labute approximate surface area is 191 Å². The molecule has 7 nitrogen and oxygen atoms in total. The van der Waals surface area contributed by atoms with Crippen LogP contribution in [0, 0.1) is 6.92 Å². The van der Waals surface area contributed by atoms with Crippen LogP contribution >= 0.6 is 0 Å². The highest BCUT2D eigenvalue weighted by molar-refractivity contribution is 6.51. The van der Waals surface area contributed by atoms with Gasteiger partial charge in [-0.1, -0.05) is 12.1 Å². The fourth-order valence-electron chi connectivity index (χ4n) is 3.76. The summed E-state index contributed by atoms with van der Waals surface area (Å²) in [5.74, 6) is -2.00. The third-order valence-corrected chi connectivity index (χ3v) is 5.19. The number of carbonyl (C=O) groups excluding carboxylic acids is 2. The molecule has 1 unspecified atom stereocenters. The quantitative estimate of drug-likeness (QED) is 0.314. The highest BCUT2D eigenvalue weighted by atomic mass is 19.4. The molecule has 1 saturated heterocycles. The van der Waals surface area contributed by atoms with Crippen LogP contribution in [0.15, 0.2) is 70.7 Å². The molecule has 2 aromatic carbocycles.